The molecule has 7 nitrogen and oxygen atoms in total. The van der Waals surface area contributed by atoms with E-state index in [2.05, 4.69) is 10.4 Å². The van der Waals surface area contributed by atoms with E-state index >= 15 is 0 Å². The number of carbonyl (C=O) groups excluding carboxylic acids is 1. The standard InChI is InChI=1S/C22H23N3O4/c1-14-6-5-7-18(15(14)2)23-21(26)13-25-22(27)11-10-19(24-25)17-9-8-16(28-3)12-20(17)29-4/h5-12H,13H2,1-4H3,(H,23,26). The van der Waals surface area contributed by atoms with E-state index < -0.39 is 0 Å². The fraction of sp³-hybridized carbons (Fsp3) is 0.227. The van der Waals surface area contributed by atoms with Crippen LogP contribution in [0.4, 0.5) is 5.69 Å². The molecular formula is C22H23N3O4. The van der Waals surface area contributed by atoms with Gasteiger partial charge in [0, 0.05) is 23.4 Å². The molecule has 2 aromatic carbocycles. The summed E-state index contributed by atoms with van der Waals surface area (Å²) in [6, 6.07) is 14.0. The lowest BCUT2D eigenvalue weighted by Crippen LogP contribution is -2.29. The Morgan fingerprint density at radius 3 is 2.59 bits per heavy atom. The van der Waals surface area contributed by atoms with Crippen LogP contribution in [-0.2, 0) is 11.3 Å². The minimum Gasteiger partial charge on any atom is -0.497 e. The molecule has 0 saturated carbocycles. The van der Waals surface area contributed by atoms with Gasteiger partial charge in [0.15, 0.2) is 0 Å². The van der Waals surface area contributed by atoms with Crippen molar-refractivity contribution in [2.75, 3.05) is 19.5 Å². The van der Waals surface area contributed by atoms with Gasteiger partial charge in [-0.15, -0.1) is 0 Å². The first-order valence-electron chi connectivity index (χ1n) is 9.09. The lowest BCUT2D eigenvalue weighted by atomic mass is 10.1. The zero-order chi connectivity index (χ0) is 21.0. The summed E-state index contributed by atoms with van der Waals surface area (Å²) in [6.07, 6.45) is 0. The molecule has 0 aliphatic heterocycles. The maximum Gasteiger partial charge on any atom is 0.267 e. The van der Waals surface area contributed by atoms with Gasteiger partial charge in [-0.05, 0) is 49.2 Å². The van der Waals surface area contributed by atoms with Crippen LogP contribution in [0.15, 0.2) is 53.3 Å². The first-order chi connectivity index (χ1) is 13.9. The largest absolute Gasteiger partial charge is 0.497 e. The molecule has 0 radical (unpaired) electrons. The highest BCUT2D eigenvalue weighted by atomic mass is 16.5. The van der Waals surface area contributed by atoms with Crippen LogP contribution in [0.2, 0.25) is 0 Å². The molecule has 0 aliphatic rings. The third kappa shape index (κ3) is 4.45. The van der Waals surface area contributed by atoms with Crippen molar-refractivity contribution in [2.45, 2.75) is 20.4 Å². The highest BCUT2D eigenvalue weighted by Gasteiger charge is 2.13. The number of hydrogen-bond donors (Lipinski definition) is 1. The average molecular weight is 393 g/mol. The minimum atomic E-state index is -0.364. The number of hydrogen-bond acceptors (Lipinski definition) is 5. The summed E-state index contributed by atoms with van der Waals surface area (Å²) in [5.74, 6) is 0.876. The lowest BCUT2D eigenvalue weighted by molar-refractivity contribution is -0.117. The first kappa shape index (κ1) is 20.1. The highest BCUT2D eigenvalue weighted by molar-refractivity contribution is 5.91. The second kappa shape index (κ2) is 8.60. The van der Waals surface area contributed by atoms with Gasteiger partial charge in [0.05, 0.1) is 19.9 Å². The third-order valence-corrected chi connectivity index (χ3v) is 4.72. The Balaban J connectivity index is 1.87. The van der Waals surface area contributed by atoms with E-state index in [0.717, 1.165) is 21.5 Å². The smallest absolute Gasteiger partial charge is 0.267 e. The maximum absolute atomic E-state index is 12.5. The number of anilines is 1. The molecule has 0 bridgehead atoms. The second-order valence-corrected chi connectivity index (χ2v) is 6.58. The Bertz CT molecular complexity index is 1110. The summed E-state index contributed by atoms with van der Waals surface area (Å²) in [6.45, 7) is 3.72. The predicted molar refractivity (Wildman–Crippen MR) is 112 cm³/mol. The summed E-state index contributed by atoms with van der Waals surface area (Å²) in [5, 5.41) is 7.19. The van der Waals surface area contributed by atoms with E-state index in [-0.39, 0.29) is 18.0 Å². The number of methoxy groups -OCH3 is 2. The summed E-state index contributed by atoms with van der Waals surface area (Å²) in [5.41, 5.74) is 3.62. The van der Waals surface area contributed by atoms with Gasteiger partial charge in [0.1, 0.15) is 18.0 Å². The maximum atomic E-state index is 12.5. The number of aryl methyl sites for hydroxylation is 1. The van der Waals surface area contributed by atoms with Gasteiger partial charge in [-0.1, -0.05) is 12.1 Å². The number of rotatable bonds is 6. The average Bonchev–Trinajstić information content (AvgIpc) is 2.72. The monoisotopic (exact) mass is 393 g/mol. The van der Waals surface area contributed by atoms with Crippen molar-refractivity contribution in [2.24, 2.45) is 0 Å². The molecule has 1 amide bonds. The Kier molecular flexibility index (Phi) is 5.97. The van der Waals surface area contributed by atoms with Crippen molar-refractivity contribution < 1.29 is 14.3 Å². The van der Waals surface area contributed by atoms with Gasteiger partial charge in [-0.3, -0.25) is 9.59 Å². The van der Waals surface area contributed by atoms with Gasteiger partial charge in [0.25, 0.3) is 5.56 Å². The van der Waals surface area contributed by atoms with Crippen LogP contribution in [0.3, 0.4) is 0 Å². The summed E-state index contributed by atoms with van der Waals surface area (Å²) < 4.78 is 11.8. The predicted octanol–water partition coefficient (Wildman–Crippen LogP) is 3.18. The Hall–Kier alpha value is -3.61. The van der Waals surface area contributed by atoms with E-state index in [1.165, 1.54) is 6.07 Å². The fourth-order valence-corrected chi connectivity index (χ4v) is 2.93. The van der Waals surface area contributed by atoms with E-state index in [0.29, 0.717) is 22.8 Å². The normalized spacial score (nSPS) is 10.5. The molecular weight excluding hydrogens is 370 g/mol. The molecule has 0 spiro atoms. The molecule has 1 heterocycles. The minimum absolute atomic E-state index is 0.196. The number of carbonyl (C=O) groups is 1. The van der Waals surface area contributed by atoms with Crippen LogP contribution in [-0.4, -0.2) is 29.9 Å². The zero-order valence-corrected chi connectivity index (χ0v) is 16.9. The third-order valence-electron chi connectivity index (χ3n) is 4.72. The second-order valence-electron chi connectivity index (χ2n) is 6.58. The van der Waals surface area contributed by atoms with Crippen LogP contribution in [0.1, 0.15) is 11.1 Å². The topological polar surface area (TPSA) is 82.5 Å². The van der Waals surface area contributed by atoms with Crippen molar-refractivity contribution in [1.82, 2.24) is 9.78 Å². The molecule has 0 unspecified atom stereocenters. The molecule has 0 aliphatic carbocycles. The van der Waals surface area contributed by atoms with Crippen LogP contribution in [0, 0.1) is 13.8 Å². The molecule has 1 N–H and O–H groups in total. The van der Waals surface area contributed by atoms with Crippen molar-refractivity contribution in [3.8, 4) is 22.8 Å². The quantitative estimate of drug-likeness (QED) is 0.696. The summed E-state index contributed by atoms with van der Waals surface area (Å²) in [4.78, 5) is 24.7. The molecule has 1 aromatic heterocycles. The molecule has 29 heavy (non-hydrogen) atoms. The molecule has 0 saturated heterocycles. The molecule has 150 valence electrons. The molecule has 3 rings (SSSR count). The lowest BCUT2D eigenvalue weighted by Gasteiger charge is -2.13. The van der Waals surface area contributed by atoms with E-state index in [9.17, 15) is 9.59 Å². The van der Waals surface area contributed by atoms with Crippen molar-refractivity contribution in [3.63, 3.8) is 0 Å². The molecule has 7 heteroatoms. The Morgan fingerprint density at radius 1 is 1.07 bits per heavy atom. The summed E-state index contributed by atoms with van der Waals surface area (Å²) >= 11 is 0. The van der Waals surface area contributed by atoms with Gasteiger partial charge < -0.3 is 14.8 Å². The van der Waals surface area contributed by atoms with Gasteiger partial charge in [-0.2, -0.15) is 5.10 Å². The number of ether oxygens (including phenoxy) is 2. The Morgan fingerprint density at radius 2 is 1.86 bits per heavy atom. The van der Waals surface area contributed by atoms with Crippen molar-refractivity contribution >= 4 is 11.6 Å². The highest BCUT2D eigenvalue weighted by Crippen LogP contribution is 2.31. The zero-order valence-electron chi connectivity index (χ0n) is 16.9. The Labute approximate surface area is 168 Å². The van der Waals surface area contributed by atoms with Gasteiger partial charge in [0.2, 0.25) is 5.91 Å². The van der Waals surface area contributed by atoms with E-state index in [1.807, 2.05) is 32.0 Å². The van der Waals surface area contributed by atoms with Crippen molar-refractivity contribution in [1.29, 1.82) is 0 Å². The number of amides is 1. The van der Waals surface area contributed by atoms with Gasteiger partial charge >= 0.3 is 0 Å². The number of nitrogens with zero attached hydrogens (tertiary/aromatic N) is 2. The first-order valence-corrected chi connectivity index (χ1v) is 9.09. The molecule has 3 aromatic rings. The number of aromatic nitrogens is 2. The van der Waals surface area contributed by atoms with Crippen molar-refractivity contribution in [3.05, 3.63) is 70.0 Å². The van der Waals surface area contributed by atoms with Gasteiger partial charge in [-0.25, -0.2) is 4.68 Å². The molecule has 0 fully saturated rings. The number of benzene rings is 2. The van der Waals surface area contributed by atoms with E-state index in [4.69, 9.17) is 9.47 Å². The fourth-order valence-electron chi connectivity index (χ4n) is 2.93. The summed E-state index contributed by atoms with van der Waals surface area (Å²) in [7, 11) is 3.12. The molecule has 0 atom stereocenters. The van der Waals surface area contributed by atoms with Crippen LogP contribution < -0.4 is 20.3 Å². The number of nitrogens with one attached hydrogen (secondary N) is 1. The van der Waals surface area contributed by atoms with Crippen LogP contribution >= 0.6 is 0 Å². The van der Waals surface area contributed by atoms with Crippen LogP contribution in [0.5, 0.6) is 11.5 Å². The SMILES string of the molecule is COc1ccc(-c2ccc(=O)n(CC(=O)Nc3cccc(C)c3C)n2)c(OC)c1. The van der Waals surface area contributed by atoms with Crippen LogP contribution in [0.25, 0.3) is 11.3 Å². The van der Waals surface area contributed by atoms with E-state index in [1.54, 1.807) is 38.5 Å².